The highest BCUT2D eigenvalue weighted by molar-refractivity contribution is 4.70. The molecule has 0 aromatic heterocycles. The molecule has 2 heteroatoms. The molecule has 0 aliphatic heterocycles. The van der Waals surface area contributed by atoms with Gasteiger partial charge in [-0.2, -0.15) is 0 Å². The molecule has 0 atom stereocenters. The fourth-order valence-corrected chi connectivity index (χ4v) is 1.89. The van der Waals surface area contributed by atoms with Crippen LogP contribution in [0.1, 0.15) is 44.9 Å². The molecule has 2 nitrogen and oxygen atoms in total. The van der Waals surface area contributed by atoms with Gasteiger partial charge in [0.25, 0.3) is 0 Å². The Morgan fingerprint density at radius 2 is 1.75 bits per heavy atom. The lowest BCUT2D eigenvalue weighted by atomic mass is 10.1. The van der Waals surface area contributed by atoms with Gasteiger partial charge in [-0.05, 0) is 32.4 Å². The van der Waals surface area contributed by atoms with E-state index < -0.39 is 0 Å². The molecular weight excluding hydrogens is 148 g/mol. The molecule has 72 valence electrons. The largest absolute Gasteiger partial charge is 0.330 e. The number of hydrogen-bond donors (Lipinski definition) is 2. The summed E-state index contributed by atoms with van der Waals surface area (Å²) in [5, 5.41) is 3.58. The van der Waals surface area contributed by atoms with Crippen molar-refractivity contribution >= 4 is 0 Å². The number of nitrogens with two attached hydrogens (primary N) is 1. The third-order valence-corrected chi connectivity index (χ3v) is 2.67. The zero-order valence-electron chi connectivity index (χ0n) is 8.02. The summed E-state index contributed by atoms with van der Waals surface area (Å²) < 4.78 is 0. The van der Waals surface area contributed by atoms with E-state index in [4.69, 9.17) is 5.73 Å². The van der Waals surface area contributed by atoms with Gasteiger partial charge < -0.3 is 11.1 Å². The normalized spacial score (nSPS) is 20.8. The van der Waals surface area contributed by atoms with Gasteiger partial charge in [0.15, 0.2) is 0 Å². The first-order valence-electron chi connectivity index (χ1n) is 5.37. The Balaban J connectivity index is 2.04. The first-order valence-corrected chi connectivity index (χ1v) is 5.37. The van der Waals surface area contributed by atoms with E-state index in [1.165, 1.54) is 38.5 Å². The fourth-order valence-electron chi connectivity index (χ4n) is 1.89. The maximum Gasteiger partial charge on any atom is 0.00670 e. The number of rotatable bonds is 4. The highest BCUT2D eigenvalue weighted by Gasteiger charge is 2.10. The molecule has 0 bridgehead atoms. The monoisotopic (exact) mass is 170 g/mol. The van der Waals surface area contributed by atoms with Crippen LogP contribution in [0.2, 0.25) is 0 Å². The topological polar surface area (TPSA) is 38.0 Å². The molecule has 0 heterocycles. The van der Waals surface area contributed by atoms with E-state index in [9.17, 15) is 0 Å². The molecule has 1 aliphatic rings. The van der Waals surface area contributed by atoms with E-state index in [0.717, 1.165) is 25.6 Å². The molecule has 0 aromatic rings. The minimum atomic E-state index is 0.791. The second-order valence-electron chi connectivity index (χ2n) is 3.78. The van der Waals surface area contributed by atoms with Gasteiger partial charge in [-0.3, -0.25) is 0 Å². The summed E-state index contributed by atoms with van der Waals surface area (Å²) in [5.41, 5.74) is 5.43. The predicted molar refractivity (Wildman–Crippen MR) is 53.2 cm³/mol. The van der Waals surface area contributed by atoms with Crippen LogP contribution in [-0.2, 0) is 0 Å². The zero-order valence-corrected chi connectivity index (χ0v) is 8.02. The van der Waals surface area contributed by atoms with Gasteiger partial charge in [-0.1, -0.05) is 25.7 Å². The van der Waals surface area contributed by atoms with Crippen LogP contribution in [0, 0.1) is 0 Å². The smallest absolute Gasteiger partial charge is 0.00670 e. The summed E-state index contributed by atoms with van der Waals surface area (Å²) in [7, 11) is 0. The third-order valence-electron chi connectivity index (χ3n) is 2.67. The van der Waals surface area contributed by atoms with Gasteiger partial charge in [0, 0.05) is 6.04 Å². The molecular formula is C10H22N2. The van der Waals surface area contributed by atoms with Gasteiger partial charge in [0.1, 0.15) is 0 Å². The molecule has 3 N–H and O–H groups in total. The van der Waals surface area contributed by atoms with Crippen molar-refractivity contribution in [3.63, 3.8) is 0 Å². The van der Waals surface area contributed by atoms with Crippen molar-refractivity contribution in [3.05, 3.63) is 0 Å². The number of hydrogen-bond acceptors (Lipinski definition) is 2. The SMILES string of the molecule is NCCCNC1CCCCCC1. The first-order chi connectivity index (χ1) is 5.93. The molecule has 0 unspecified atom stereocenters. The number of nitrogens with one attached hydrogen (secondary N) is 1. The fraction of sp³-hybridized carbons (Fsp3) is 1.00. The molecule has 1 rings (SSSR count). The lowest BCUT2D eigenvalue weighted by Crippen LogP contribution is -2.30. The van der Waals surface area contributed by atoms with Crippen molar-refractivity contribution in [2.45, 2.75) is 51.0 Å². The van der Waals surface area contributed by atoms with Crippen LogP contribution >= 0.6 is 0 Å². The van der Waals surface area contributed by atoms with Gasteiger partial charge in [-0.15, -0.1) is 0 Å². The van der Waals surface area contributed by atoms with E-state index in [1.54, 1.807) is 0 Å². The first kappa shape index (κ1) is 10.0. The van der Waals surface area contributed by atoms with Crippen molar-refractivity contribution in [2.24, 2.45) is 5.73 Å². The maximum absolute atomic E-state index is 5.43. The van der Waals surface area contributed by atoms with Crippen LogP contribution in [0.15, 0.2) is 0 Å². The average Bonchev–Trinajstić information content (AvgIpc) is 2.33. The molecule has 0 aromatic carbocycles. The maximum atomic E-state index is 5.43. The van der Waals surface area contributed by atoms with Crippen LogP contribution in [-0.4, -0.2) is 19.1 Å². The van der Waals surface area contributed by atoms with Crippen molar-refractivity contribution in [3.8, 4) is 0 Å². The summed E-state index contributed by atoms with van der Waals surface area (Å²) in [5.74, 6) is 0. The Hall–Kier alpha value is -0.0800. The van der Waals surface area contributed by atoms with E-state index in [1.807, 2.05) is 0 Å². The quantitative estimate of drug-likeness (QED) is 0.497. The van der Waals surface area contributed by atoms with E-state index in [0.29, 0.717) is 0 Å². The van der Waals surface area contributed by atoms with Gasteiger partial charge >= 0.3 is 0 Å². The van der Waals surface area contributed by atoms with Crippen molar-refractivity contribution in [1.82, 2.24) is 5.32 Å². The van der Waals surface area contributed by atoms with Crippen LogP contribution in [0.4, 0.5) is 0 Å². The zero-order chi connectivity index (χ0) is 8.65. The second-order valence-corrected chi connectivity index (χ2v) is 3.78. The predicted octanol–water partition coefficient (Wildman–Crippen LogP) is 1.65. The standard InChI is InChI=1S/C10H22N2/c11-8-5-9-12-10-6-3-1-2-4-7-10/h10,12H,1-9,11H2. The lowest BCUT2D eigenvalue weighted by molar-refractivity contribution is 0.457. The Kier molecular flexibility index (Phi) is 5.37. The van der Waals surface area contributed by atoms with Crippen molar-refractivity contribution < 1.29 is 0 Å². The van der Waals surface area contributed by atoms with E-state index in [2.05, 4.69) is 5.32 Å². The summed E-state index contributed by atoms with van der Waals surface area (Å²) in [6.45, 7) is 1.93. The van der Waals surface area contributed by atoms with Crippen molar-refractivity contribution in [1.29, 1.82) is 0 Å². The minimum absolute atomic E-state index is 0.791. The van der Waals surface area contributed by atoms with Crippen LogP contribution < -0.4 is 11.1 Å². The Morgan fingerprint density at radius 1 is 1.08 bits per heavy atom. The molecule has 12 heavy (non-hydrogen) atoms. The summed E-state index contributed by atoms with van der Waals surface area (Å²) in [4.78, 5) is 0. The molecule has 0 spiro atoms. The molecule has 1 aliphatic carbocycles. The minimum Gasteiger partial charge on any atom is -0.330 e. The van der Waals surface area contributed by atoms with E-state index in [-0.39, 0.29) is 0 Å². The van der Waals surface area contributed by atoms with Gasteiger partial charge in [-0.25, -0.2) is 0 Å². The van der Waals surface area contributed by atoms with Crippen molar-refractivity contribution in [2.75, 3.05) is 13.1 Å². The molecule has 0 radical (unpaired) electrons. The van der Waals surface area contributed by atoms with E-state index >= 15 is 0 Å². The molecule has 1 fully saturated rings. The highest BCUT2D eigenvalue weighted by atomic mass is 14.9. The van der Waals surface area contributed by atoms with Crippen LogP contribution in [0.25, 0.3) is 0 Å². The Bertz CT molecular complexity index is 96.0. The highest BCUT2D eigenvalue weighted by Crippen LogP contribution is 2.16. The summed E-state index contributed by atoms with van der Waals surface area (Å²) in [6, 6.07) is 0.791. The Morgan fingerprint density at radius 3 is 2.33 bits per heavy atom. The Labute approximate surface area is 75.9 Å². The molecule has 0 saturated heterocycles. The average molecular weight is 170 g/mol. The van der Waals surface area contributed by atoms with Crippen LogP contribution in [0.3, 0.4) is 0 Å². The second kappa shape index (κ2) is 6.44. The van der Waals surface area contributed by atoms with Crippen LogP contribution in [0.5, 0.6) is 0 Å². The third kappa shape index (κ3) is 4.07. The summed E-state index contributed by atoms with van der Waals surface area (Å²) >= 11 is 0. The lowest BCUT2D eigenvalue weighted by Gasteiger charge is -2.15. The molecule has 1 saturated carbocycles. The summed E-state index contributed by atoms with van der Waals surface area (Å²) in [6.07, 6.45) is 9.59. The van der Waals surface area contributed by atoms with Gasteiger partial charge in [0.05, 0.1) is 0 Å². The van der Waals surface area contributed by atoms with Gasteiger partial charge in [0.2, 0.25) is 0 Å². The molecule has 0 amide bonds.